The van der Waals surface area contributed by atoms with Crippen molar-refractivity contribution in [1.29, 1.82) is 5.26 Å². The molecule has 0 unspecified atom stereocenters. The van der Waals surface area contributed by atoms with E-state index in [2.05, 4.69) is 6.07 Å². The van der Waals surface area contributed by atoms with Crippen molar-refractivity contribution >= 4 is 11.6 Å². The van der Waals surface area contributed by atoms with E-state index in [9.17, 15) is 0 Å². The van der Waals surface area contributed by atoms with E-state index in [1.165, 1.54) is 7.11 Å². The first-order valence-corrected chi connectivity index (χ1v) is 6.70. The molecule has 2 aromatic carbocycles. The monoisotopic (exact) mass is 303 g/mol. The van der Waals surface area contributed by atoms with Crippen LogP contribution in [0, 0.1) is 11.3 Å². The van der Waals surface area contributed by atoms with Gasteiger partial charge in [0.1, 0.15) is 19.0 Å². The van der Waals surface area contributed by atoms with E-state index in [4.69, 9.17) is 31.1 Å². The number of nitriles is 1. The lowest BCUT2D eigenvalue weighted by Gasteiger charge is -2.11. The number of nitrogens with zero attached hydrogens (tertiary/aromatic N) is 1. The zero-order valence-electron chi connectivity index (χ0n) is 11.5. The Balaban J connectivity index is 1.86. The van der Waals surface area contributed by atoms with E-state index in [0.29, 0.717) is 35.3 Å². The maximum atomic E-state index is 8.83. The summed E-state index contributed by atoms with van der Waals surface area (Å²) in [5.74, 6) is 1.84. The number of benzene rings is 2. The highest BCUT2D eigenvalue weighted by Crippen LogP contribution is 2.27. The van der Waals surface area contributed by atoms with Gasteiger partial charge in [-0.3, -0.25) is 0 Å². The van der Waals surface area contributed by atoms with Gasteiger partial charge in [-0.25, -0.2) is 0 Å². The summed E-state index contributed by atoms with van der Waals surface area (Å²) in [6, 6.07) is 14.2. The van der Waals surface area contributed by atoms with Crippen LogP contribution < -0.4 is 14.2 Å². The first-order valence-electron chi connectivity index (χ1n) is 6.32. The van der Waals surface area contributed by atoms with Crippen LogP contribution in [0.15, 0.2) is 42.5 Å². The van der Waals surface area contributed by atoms with Crippen LogP contribution in [-0.2, 0) is 0 Å². The van der Waals surface area contributed by atoms with Crippen molar-refractivity contribution in [3.63, 3.8) is 0 Å². The van der Waals surface area contributed by atoms with Crippen LogP contribution in [0.3, 0.4) is 0 Å². The van der Waals surface area contributed by atoms with Crippen molar-refractivity contribution in [2.45, 2.75) is 0 Å². The molecule has 0 atom stereocenters. The topological polar surface area (TPSA) is 51.5 Å². The Hall–Kier alpha value is -2.38. The number of methoxy groups -OCH3 is 1. The van der Waals surface area contributed by atoms with Gasteiger partial charge in [-0.05, 0) is 36.4 Å². The Morgan fingerprint density at radius 2 is 1.71 bits per heavy atom. The minimum atomic E-state index is 0.366. The van der Waals surface area contributed by atoms with Crippen molar-refractivity contribution in [3.05, 3.63) is 53.1 Å². The van der Waals surface area contributed by atoms with Crippen molar-refractivity contribution in [3.8, 4) is 23.3 Å². The molecule has 2 rings (SSSR count). The standard InChI is InChI=1S/C16H14ClNO3/c1-19-16-10-12(11-18)2-7-15(16)21-9-8-20-14-5-3-13(17)4-6-14/h2-7,10H,8-9H2,1H3. The molecule has 5 heteroatoms. The molecule has 108 valence electrons. The Morgan fingerprint density at radius 1 is 1.00 bits per heavy atom. The summed E-state index contributed by atoms with van der Waals surface area (Å²) in [4.78, 5) is 0. The molecular weight excluding hydrogens is 290 g/mol. The number of hydrogen-bond donors (Lipinski definition) is 0. The molecule has 0 N–H and O–H groups in total. The Labute approximate surface area is 128 Å². The fraction of sp³-hybridized carbons (Fsp3) is 0.188. The second-order valence-corrected chi connectivity index (χ2v) is 4.56. The van der Waals surface area contributed by atoms with Gasteiger partial charge >= 0.3 is 0 Å². The predicted molar refractivity (Wildman–Crippen MR) is 80.2 cm³/mol. The third-order valence-electron chi connectivity index (χ3n) is 2.72. The second-order valence-electron chi connectivity index (χ2n) is 4.13. The smallest absolute Gasteiger partial charge is 0.162 e. The lowest BCUT2D eigenvalue weighted by Crippen LogP contribution is -2.09. The molecule has 0 saturated heterocycles. The summed E-state index contributed by atoms with van der Waals surface area (Å²) in [6.07, 6.45) is 0. The van der Waals surface area contributed by atoms with Crippen LogP contribution in [0.2, 0.25) is 5.02 Å². The van der Waals surface area contributed by atoms with Crippen LogP contribution >= 0.6 is 11.6 Å². The van der Waals surface area contributed by atoms with Gasteiger partial charge in [0, 0.05) is 11.1 Å². The summed E-state index contributed by atoms with van der Waals surface area (Å²) in [5, 5.41) is 9.50. The van der Waals surface area contributed by atoms with Gasteiger partial charge in [0.2, 0.25) is 0 Å². The molecule has 0 fully saturated rings. The van der Waals surface area contributed by atoms with Crippen molar-refractivity contribution < 1.29 is 14.2 Å². The maximum Gasteiger partial charge on any atom is 0.162 e. The fourth-order valence-corrected chi connectivity index (χ4v) is 1.82. The Bertz CT molecular complexity index is 635. The number of ether oxygens (including phenoxy) is 3. The molecule has 0 saturated carbocycles. The normalized spacial score (nSPS) is 9.76. The maximum absolute atomic E-state index is 8.83. The molecule has 0 heterocycles. The van der Waals surface area contributed by atoms with Crippen molar-refractivity contribution in [2.24, 2.45) is 0 Å². The molecule has 0 bridgehead atoms. The highest BCUT2D eigenvalue weighted by Gasteiger charge is 2.05. The van der Waals surface area contributed by atoms with Crippen LogP contribution in [0.1, 0.15) is 5.56 Å². The zero-order chi connectivity index (χ0) is 15.1. The van der Waals surface area contributed by atoms with Crippen LogP contribution in [0.5, 0.6) is 17.2 Å². The van der Waals surface area contributed by atoms with Gasteiger partial charge in [-0.1, -0.05) is 11.6 Å². The number of halogens is 1. The molecule has 21 heavy (non-hydrogen) atoms. The van der Waals surface area contributed by atoms with E-state index < -0.39 is 0 Å². The fourth-order valence-electron chi connectivity index (χ4n) is 1.70. The second kappa shape index (κ2) is 7.41. The van der Waals surface area contributed by atoms with Gasteiger partial charge in [-0.2, -0.15) is 5.26 Å². The summed E-state index contributed by atoms with van der Waals surface area (Å²) in [7, 11) is 1.54. The van der Waals surface area contributed by atoms with Gasteiger partial charge in [-0.15, -0.1) is 0 Å². The summed E-state index contributed by atoms with van der Waals surface area (Å²) >= 11 is 5.79. The lowest BCUT2D eigenvalue weighted by molar-refractivity contribution is 0.211. The molecule has 0 aliphatic heterocycles. The third-order valence-corrected chi connectivity index (χ3v) is 2.97. The van der Waals surface area contributed by atoms with E-state index in [-0.39, 0.29) is 0 Å². The SMILES string of the molecule is COc1cc(C#N)ccc1OCCOc1ccc(Cl)cc1. The van der Waals surface area contributed by atoms with Gasteiger partial charge in [0.25, 0.3) is 0 Å². The van der Waals surface area contributed by atoms with Crippen molar-refractivity contribution in [1.82, 2.24) is 0 Å². The van der Waals surface area contributed by atoms with Gasteiger partial charge < -0.3 is 14.2 Å². The molecule has 0 aliphatic rings. The highest BCUT2D eigenvalue weighted by atomic mass is 35.5. The average Bonchev–Trinajstić information content (AvgIpc) is 2.53. The number of hydrogen-bond acceptors (Lipinski definition) is 4. The summed E-state index contributed by atoms with van der Waals surface area (Å²) in [6.45, 7) is 0.760. The highest BCUT2D eigenvalue weighted by molar-refractivity contribution is 6.30. The van der Waals surface area contributed by atoms with E-state index >= 15 is 0 Å². The molecule has 0 amide bonds. The van der Waals surface area contributed by atoms with Crippen LogP contribution in [0.4, 0.5) is 0 Å². The largest absolute Gasteiger partial charge is 0.493 e. The van der Waals surface area contributed by atoms with Gasteiger partial charge in [0.15, 0.2) is 11.5 Å². The van der Waals surface area contributed by atoms with Crippen LogP contribution in [0.25, 0.3) is 0 Å². The minimum Gasteiger partial charge on any atom is -0.493 e. The molecule has 0 radical (unpaired) electrons. The molecule has 0 spiro atoms. The molecule has 0 aromatic heterocycles. The third kappa shape index (κ3) is 4.30. The minimum absolute atomic E-state index is 0.366. The Morgan fingerprint density at radius 3 is 2.38 bits per heavy atom. The molecular formula is C16H14ClNO3. The summed E-state index contributed by atoms with van der Waals surface area (Å²) < 4.78 is 16.3. The van der Waals surface area contributed by atoms with E-state index in [1.54, 1.807) is 42.5 Å². The first-order chi connectivity index (χ1) is 10.2. The molecule has 4 nitrogen and oxygen atoms in total. The Kier molecular flexibility index (Phi) is 5.30. The molecule has 0 aliphatic carbocycles. The van der Waals surface area contributed by atoms with Gasteiger partial charge in [0.05, 0.1) is 18.7 Å². The van der Waals surface area contributed by atoms with E-state index in [0.717, 1.165) is 5.75 Å². The van der Waals surface area contributed by atoms with Crippen LogP contribution in [-0.4, -0.2) is 20.3 Å². The van der Waals surface area contributed by atoms with E-state index in [1.807, 2.05) is 0 Å². The summed E-state index contributed by atoms with van der Waals surface area (Å²) in [5.41, 5.74) is 0.525. The average molecular weight is 304 g/mol. The lowest BCUT2D eigenvalue weighted by atomic mass is 10.2. The zero-order valence-corrected chi connectivity index (χ0v) is 12.3. The predicted octanol–water partition coefficient (Wildman–Crippen LogP) is 3.68. The van der Waals surface area contributed by atoms with Crippen molar-refractivity contribution in [2.75, 3.05) is 20.3 Å². The number of rotatable bonds is 6. The first kappa shape index (κ1) is 15.0. The molecule has 2 aromatic rings. The quantitative estimate of drug-likeness (QED) is 0.764.